The molecule has 19 heavy (non-hydrogen) atoms. The molecule has 0 aliphatic carbocycles. The van der Waals surface area contributed by atoms with Gasteiger partial charge in [0.15, 0.2) is 17.3 Å². The van der Waals surface area contributed by atoms with Crippen molar-refractivity contribution >= 4 is 17.2 Å². The van der Waals surface area contributed by atoms with Crippen LogP contribution in [0.25, 0.3) is 0 Å². The number of aromatic nitrogens is 1. The first-order valence-corrected chi connectivity index (χ1v) is 6.11. The number of nitrogens with zero attached hydrogens (tertiary/aromatic N) is 1. The van der Waals surface area contributed by atoms with Gasteiger partial charge in [-0.3, -0.25) is 0 Å². The first kappa shape index (κ1) is 11.6. The largest absolute Gasteiger partial charge is 0.486 e. The number of nitrogens with one attached hydrogen (secondary N) is 1. The van der Waals surface area contributed by atoms with E-state index in [1.54, 1.807) is 6.20 Å². The number of ether oxygens (including phenoxy) is 2. The monoisotopic (exact) mass is 257 g/mol. The van der Waals surface area contributed by atoms with Crippen molar-refractivity contribution in [3.05, 3.63) is 36.0 Å². The Hall–Kier alpha value is -2.43. The van der Waals surface area contributed by atoms with Gasteiger partial charge in [0.05, 0.1) is 5.69 Å². The number of hydrogen-bond donors (Lipinski definition) is 2. The molecule has 0 saturated carbocycles. The molecular weight excluding hydrogens is 242 g/mol. The van der Waals surface area contributed by atoms with Gasteiger partial charge >= 0.3 is 0 Å². The molecule has 0 amide bonds. The molecule has 0 spiro atoms. The van der Waals surface area contributed by atoms with Gasteiger partial charge in [0.2, 0.25) is 0 Å². The molecule has 0 saturated heterocycles. The Kier molecular flexibility index (Phi) is 2.87. The SMILES string of the molecule is Cc1cnc(Nc2ccc3c(c2)OCCO3)c(N)c1. The van der Waals surface area contributed by atoms with Crippen molar-refractivity contribution in [2.45, 2.75) is 6.92 Å². The first-order chi connectivity index (χ1) is 9.22. The van der Waals surface area contributed by atoms with E-state index in [0.717, 1.165) is 22.7 Å². The fourth-order valence-electron chi connectivity index (χ4n) is 1.95. The summed E-state index contributed by atoms with van der Waals surface area (Å²) < 4.78 is 11.0. The maximum absolute atomic E-state index is 5.93. The Morgan fingerprint density at radius 3 is 2.74 bits per heavy atom. The zero-order valence-corrected chi connectivity index (χ0v) is 10.6. The number of nitrogen functional groups attached to an aromatic ring is 1. The maximum Gasteiger partial charge on any atom is 0.163 e. The minimum atomic E-state index is 0.571. The highest BCUT2D eigenvalue weighted by Gasteiger charge is 2.12. The zero-order valence-electron chi connectivity index (χ0n) is 10.6. The minimum absolute atomic E-state index is 0.571. The Morgan fingerprint density at radius 1 is 1.16 bits per heavy atom. The minimum Gasteiger partial charge on any atom is -0.486 e. The number of rotatable bonds is 2. The highest BCUT2D eigenvalue weighted by atomic mass is 16.6. The van der Waals surface area contributed by atoms with E-state index in [1.165, 1.54) is 0 Å². The molecule has 1 aliphatic heterocycles. The van der Waals surface area contributed by atoms with Gasteiger partial charge in [0.25, 0.3) is 0 Å². The molecule has 0 unspecified atom stereocenters. The third kappa shape index (κ3) is 2.40. The maximum atomic E-state index is 5.93. The first-order valence-electron chi connectivity index (χ1n) is 6.11. The van der Waals surface area contributed by atoms with Crippen molar-refractivity contribution in [2.24, 2.45) is 0 Å². The van der Waals surface area contributed by atoms with Crippen LogP contribution in [0.15, 0.2) is 30.5 Å². The molecule has 0 atom stereocenters. The van der Waals surface area contributed by atoms with Gasteiger partial charge in [0.1, 0.15) is 13.2 Å². The van der Waals surface area contributed by atoms with E-state index in [2.05, 4.69) is 10.3 Å². The second-order valence-corrected chi connectivity index (χ2v) is 4.43. The number of anilines is 3. The Balaban J connectivity index is 1.87. The predicted molar refractivity (Wildman–Crippen MR) is 74.1 cm³/mol. The molecule has 98 valence electrons. The summed E-state index contributed by atoms with van der Waals surface area (Å²) in [5, 5.41) is 3.18. The summed E-state index contributed by atoms with van der Waals surface area (Å²) in [5.74, 6) is 2.14. The third-order valence-corrected chi connectivity index (χ3v) is 2.86. The van der Waals surface area contributed by atoms with E-state index in [0.29, 0.717) is 24.7 Å². The quantitative estimate of drug-likeness (QED) is 0.865. The van der Waals surface area contributed by atoms with Crippen molar-refractivity contribution in [1.29, 1.82) is 0 Å². The van der Waals surface area contributed by atoms with E-state index in [4.69, 9.17) is 15.2 Å². The van der Waals surface area contributed by atoms with Gasteiger partial charge in [-0.05, 0) is 30.7 Å². The summed E-state index contributed by atoms with van der Waals surface area (Å²) in [5.41, 5.74) is 8.45. The second kappa shape index (κ2) is 4.68. The standard InChI is InChI=1S/C14H15N3O2/c1-9-6-11(15)14(16-8-9)17-10-2-3-12-13(7-10)19-5-4-18-12/h2-3,6-8H,4-5,15H2,1H3,(H,16,17). The summed E-state index contributed by atoms with van der Waals surface area (Å²) in [7, 11) is 0. The summed E-state index contributed by atoms with van der Waals surface area (Å²) in [6, 6.07) is 7.55. The Morgan fingerprint density at radius 2 is 1.95 bits per heavy atom. The topological polar surface area (TPSA) is 69.4 Å². The molecule has 5 heteroatoms. The summed E-state index contributed by atoms with van der Waals surface area (Å²) in [6.07, 6.45) is 1.77. The molecule has 5 nitrogen and oxygen atoms in total. The van der Waals surface area contributed by atoms with Gasteiger partial charge < -0.3 is 20.5 Å². The van der Waals surface area contributed by atoms with Gasteiger partial charge in [-0.1, -0.05) is 0 Å². The summed E-state index contributed by atoms with van der Waals surface area (Å²) in [6.45, 7) is 3.12. The van der Waals surface area contributed by atoms with Crippen molar-refractivity contribution < 1.29 is 9.47 Å². The summed E-state index contributed by atoms with van der Waals surface area (Å²) in [4.78, 5) is 4.28. The van der Waals surface area contributed by atoms with E-state index < -0.39 is 0 Å². The van der Waals surface area contributed by atoms with Crippen LogP contribution in [0.2, 0.25) is 0 Å². The number of benzene rings is 1. The molecule has 1 aromatic heterocycles. The molecule has 2 heterocycles. The fourth-order valence-corrected chi connectivity index (χ4v) is 1.95. The van der Waals surface area contributed by atoms with E-state index in [9.17, 15) is 0 Å². The van der Waals surface area contributed by atoms with Crippen molar-refractivity contribution in [1.82, 2.24) is 4.98 Å². The van der Waals surface area contributed by atoms with Gasteiger partial charge in [0, 0.05) is 18.0 Å². The van der Waals surface area contributed by atoms with Crippen LogP contribution in [0.5, 0.6) is 11.5 Å². The third-order valence-electron chi connectivity index (χ3n) is 2.86. The molecule has 3 N–H and O–H groups in total. The smallest absolute Gasteiger partial charge is 0.163 e. The average molecular weight is 257 g/mol. The molecule has 1 aromatic carbocycles. The van der Waals surface area contributed by atoms with Crippen LogP contribution in [0, 0.1) is 6.92 Å². The molecule has 0 bridgehead atoms. The molecular formula is C14H15N3O2. The molecule has 1 aliphatic rings. The van der Waals surface area contributed by atoms with Crippen LogP contribution < -0.4 is 20.5 Å². The molecule has 2 aromatic rings. The van der Waals surface area contributed by atoms with E-state index >= 15 is 0 Å². The van der Waals surface area contributed by atoms with Crippen LogP contribution >= 0.6 is 0 Å². The fraction of sp³-hybridized carbons (Fsp3) is 0.214. The Bertz CT molecular complexity index is 614. The van der Waals surface area contributed by atoms with Gasteiger partial charge in [-0.15, -0.1) is 0 Å². The highest BCUT2D eigenvalue weighted by molar-refractivity contribution is 5.70. The van der Waals surface area contributed by atoms with Crippen LogP contribution in [0.3, 0.4) is 0 Å². The lowest BCUT2D eigenvalue weighted by Gasteiger charge is -2.19. The number of fused-ring (bicyclic) bond motifs is 1. The second-order valence-electron chi connectivity index (χ2n) is 4.43. The van der Waals surface area contributed by atoms with E-state index in [1.807, 2.05) is 31.2 Å². The van der Waals surface area contributed by atoms with Crippen LogP contribution in [0.4, 0.5) is 17.2 Å². The van der Waals surface area contributed by atoms with Gasteiger partial charge in [-0.2, -0.15) is 0 Å². The van der Waals surface area contributed by atoms with Crippen molar-refractivity contribution in [3.8, 4) is 11.5 Å². The molecule has 0 fully saturated rings. The zero-order chi connectivity index (χ0) is 13.2. The molecule has 0 radical (unpaired) electrons. The average Bonchev–Trinajstić information content (AvgIpc) is 2.42. The normalized spacial score (nSPS) is 13.1. The number of hydrogen-bond acceptors (Lipinski definition) is 5. The van der Waals surface area contributed by atoms with E-state index in [-0.39, 0.29) is 0 Å². The van der Waals surface area contributed by atoms with Crippen LogP contribution in [-0.4, -0.2) is 18.2 Å². The van der Waals surface area contributed by atoms with Crippen LogP contribution in [-0.2, 0) is 0 Å². The Labute approximate surface area is 111 Å². The predicted octanol–water partition coefficient (Wildman–Crippen LogP) is 2.49. The molecule has 3 rings (SSSR count). The number of pyridine rings is 1. The highest BCUT2D eigenvalue weighted by Crippen LogP contribution is 2.34. The van der Waals surface area contributed by atoms with Crippen molar-refractivity contribution in [3.63, 3.8) is 0 Å². The lowest BCUT2D eigenvalue weighted by Crippen LogP contribution is -2.15. The van der Waals surface area contributed by atoms with Crippen molar-refractivity contribution in [2.75, 3.05) is 24.3 Å². The van der Waals surface area contributed by atoms with Crippen LogP contribution in [0.1, 0.15) is 5.56 Å². The number of aryl methyl sites for hydroxylation is 1. The number of nitrogens with two attached hydrogens (primary N) is 1. The lowest BCUT2D eigenvalue weighted by molar-refractivity contribution is 0.171. The van der Waals surface area contributed by atoms with Gasteiger partial charge in [-0.25, -0.2) is 4.98 Å². The summed E-state index contributed by atoms with van der Waals surface area (Å²) >= 11 is 0. The lowest BCUT2D eigenvalue weighted by atomic mass is 10.2.